The van der Waals surface area contributed by atoms with Crippen LogP contribution in [0.15, 0.2) is 24.3 Å². The number of benzene rings is 1. The summed E-state index contributed by atoms with van der Waals surface area (Å²) >= 11 is 0. The Hall–Kier alpha value is -1.88. The molecule has 0 atom stereocenters. The third-order valence-electron chi connectivity index (χ3n) is 4.69. The van der Waals surface area contributed by atoms with Crippen LogP contribution < -0.4 is 10.6 Å². The topological polar surface area (TPSA) is 61.4 Å². The summed E-state index contributed by atoms with van der Waals surface area (Å²) in [5.74, 6) is 0.617. The molecule has 1 aromatic rings. The molecule has 0 saturated carbocycles. The second-order valence-corrected chi connectivity index (χ2v) is 7.08. The molecule has 1 heterocycles. The predicted octanol–water partition coefficient (Wildman–Crippen LogP) is 2.45. The van der Waals surface area contributed by atoms with Crippen molar-refractivity contribution in [1.29, 1.82) is 0 Å². The third kappa shape index (κ3) is 7.26. The number of amides is 2. The number of piperidine rings is 1. The van der Waals surface area contributed by atoms with Gasteiger partial charge in [0, 0.05) is 19.5 Å². The quantitative estimate of drug-likeness (QED) is 0.761. The minimum Gasteiger partial charge on any atom is -0.350 e. The molecule has 1 fully saturated rings. The first kappa shape index (κ1) is 19.4. The largest absolute Gasteiger partial charge is 0.350 e. The van der Waals surface area contributed by atoms with Gasteiger partial charge in [0.1, 0.15) is 0 Å². The Morgan fingerprint density at radius 1 is 1.12 bits per heavy atom. The van der Waals surface area contributed by atoms with Gasteiger partial charge >= 0.3 is 0 Å². The van der Waals surface area contributed by atoms with Crippen molar-refractivity contribution in [2.45, 2.75) is 52.6 Å². The van der Waals surface area contributed by atoms with Gasteiger partial charge in [-0.05, 0) is 49.4 Å². The molecule has 0 spiro atoms. The zero-order chi connectivity index (χ0) is 18.1. The normalized spacial score (nSPS) is 15.8. The molecule has 1 saturated heterocycles. The van der Waals surface area contributed by atoms with Crippen LogP contribution in [-0.4, -0.2) is 36.3 Å². The molecule has 0 bridgehead atoms. The van der Waals surface area contributed by atoms with Crippen LogP contribution in [0.5, 0.6) is 0 Å². The number of likely N-dealkylation sites (tertiary alicyclic amines) is 1. The minimum absolute atomic E-state index is 0.0461. The maximum atomic E-state index is 11.8. The van der Waals surface area contributed by atoms with Crippen molar-refractivity contribution in [1.82, 2.24) is 15.5 Å². The minimum atomic E-state index is -0.153. The van der Waals surface area contributed by atoms with Crippen molar-refractivity contribution in [2.24, 2.45) is 5.92 Å². The lowest BCUT2D eigenvalue weighted by molar-refractivity contribution is -0.126. The first-order valence-electron chi connectivity index (χ1n) is 9.40. The lowest BCUT2D eigenvalue weighted by Crippen LogP contribution is -2.36. The standard InChI is InChI=1S/C20H31N3O2/c1-3-5-19(24)22-14-20(25)21-13-17-6-4-7-18(12-17)15-23-10-8-16(2)9-11-23/h4,6-7,12,16H,3,5,8-11,13-15H2,1-2H3,(H,21,25)(H,22,24). The van der Waals surface area contributed by atoms with Gasteiger partial charge in [0.15, 0.2) is 0 Å². The maximum absolute atomic E-state index is 11.8. The van der Waals surface area contributed by atoms with E-state index in [1.165, 1.54) is 31.5 Å². The second kappa shape index (κ2) is 10.2. The molecule has 1 aliphatic rings. The summed E-state index contributed by atoms with van der Waals surface area (Å²) in [6, 6.07) is 8.38. The zero-order valence-corrected chi connectivity index (χ0v) is 15.5. The molecule has 138 valence electrons. The van der Waals surface area contributed by atoms with E-state index in [-0.39, 0.29) is 18.4 Å². The number of carbonyl (C=O) groups excluding carboxylic acids is 2. The summed E-state index contributed by atoms with van der Waals surface area (Å²) < 4.78 is 0. The van der Waals surface area contributed by atoms with E-state index in [4.69, 9.17) is 0 Å². The van der Waals surface area contributed by atoms with E-state index < -0.39 is 0 Å². The highest BCUT2D eigenvalue weighted by Crippen LogP contribution is 2.18. The fourth-order valence-corrected chi connectivity index (χ4v) is 3.07. The lowest BCUT2D eigenvalue weighted by Gasteiger charge is -2.30. The van der Waals surface area contributed by atoms with Gasteiger partial charge in [-0.1, -0.05) is 38.1 Å². The van der Waals surface area contributed by atoms with Gasteiger partial charge in [-0.15, -0.1) is 0 Å². The molecule has 0 aliphatic carbocycles. The molecule has 5 nitrogen and oxygen atoms in total. The van der Waals surface area contributed by atoms with Gasteiger partial charge in [-0.2, -0.15) is 0 Å². The van der Waals surface area contributed by atoms with Crippen LogP contribution in [0.4, 0.5) is 0 Å². The average molecular weight is 345 g/mol. The van der Waals surface area contributed by atoms with Crippen LogP contribution >= 0.6 is 0 Å². The highest BCUT2D eigenvalue weighted by Gasteiger charge is 2.15. The molecule has 1 aliphatic heterocycles. The Morgan fingerprint density at radius 3 is 2.56 bits per heavy atom. The van der Waals surface area contributed by atoms with Gasteiger partial charge in [-0.25, -0.2) is 0 Å². The van der Waals surface area contributed by atoms with Crippen LogP contribution in [0, 0.1) is 5.92 Å². The van der Waals surface area contributed by atoms with E-state index in [0.29, 0.717) is 13.0 Å². The number of hydrogen-bond acceptors (Lipinski definition) is 3. The highest BCUT2D eigenvalue weighted by atomic mass is 16.2. The molecular formula is C20H31N3O2. The highest BCUT2D eigenvalue weighted by molar-refractivity contribution is 5.84. The van der Waals surface area contributed by atoms with E-state index >= 15 is 0 Å². The number of nitrogens with zero attached hydrogens (tertiary/aromatic N) is 1. The predicted molar refractivity (Wildman–Crippen MR) is 99.9 cm³/mol. The molecule has 2 amide bonds. The van der Waals surface area contributed by atoms with Gasteiger partial charge in [0.2, 0.25) is 11.8 Å². The third-order valence-corrected chi connectivity index (χ3v) is 4.69. The van der Waals surface area contributed by atoms with Crippen molar-refractivity contribution in [2.75, 3.05) is 19.6 Å². The van der Waals surface area contributed by atoms with Gasteiger partial charge in [-0.3, -0.25) is 14.5 Å². The molecular weight excluding hydrogens is 314 g/mol. The number of hydrogen-bond donors (Lipinski definition) is 2. The summed E-state index contributed by atoms with van der Waals surface area (Å²) in [5, 5.41) is 5.50. The first-order valence-corrected chi connectivity index (χ1v) is 9.40. The van der Waals surface area contributed by atoms with Crippen molar-refractivity contribution in [3.05, 3.63) is 35.4 Å². The molecule has 2 rings (SSSR count). The van der Waals surface area contributed by atoms with Crippen LogP contribution in [-0.2, 0) is 22.7 Å². The zero-order valence-electron chi connectivity index (χ0n) is 15.5. The van der Waals surface area contributed by atoms with Crippen molar-refractivity contribution >= 4 is 11.8 Å². The van der Waals surface area contributed by atoms with Crippen LogP contribution in [0.1, 0.15) is 50.7 Å². The Labute approximate surface area is 151 Å². The summed E-state index contributed by atoms with van der Waals surface area (Å²) in [6.45, 7) is 8.11. The number of carbonyl (C=O) groups is 2. The molecule has 5 heteroatoms. The Kier molecular flexibility index (Phi) is 7.92. The van der Waals surface area contributed by atoms with E-state index in [1.807, 2.05) is 19.1 Å². The van der Waals surface area contributed by atoms with Gasteiger partial charge in [0.05, 0.1) is 6.54 Å². The maximum Gasteiger partial charge on any atom is 0.239 e. The molecule has 2 N–H and O–H groups in total. The Morgan fingerprint density at radius 2 is 1.84 bits per heavy atom. The van der Waals surface area contributed by atoms with E-state index in [9.17, 15) is 9.59 Å². The van der Waals surface area contributed by atoms with Crippen LogP contribution in [0.3, 0.4) is 0 Å². The van der Waals surface area contributed by atoms with Crippen molar-refractivity contribution in [3.63, 3.8) is 0 Å². The van der Waals surface area contributed by atoms with E-state index in [2.05, 4.69) is 34.6 Å². The molecule has 25 heavy (non-hydrogen) atoms. The monoisotopic (exact) mass is 345 g/mol. The number of nitrogens with one attached hydrogen (secondary N) is 2. The lowest BCUT2D eigenvalue weighted by atomic mass is 9.98. The SMILES string of the molecule is CCCC(=O)NCC(=O)NCc1cccc(CN2CCC(C)CC2)c1. The second-order valence-electron chi connectivity index (χ2n) is 7.08. The first-order chi connectivity index (χ1) is 12.1. The smallest absolute Gasteiger partial charge is 0.239 e. The fourth-order valence-electron chi connectivity index (χ4n) is 3.07. The van der Waals surface area contributed by atoms with Gasteiger partial charge < -0.3 is 10.6 Å². The summed E-state index contributed by atoms with van der Waals surface area (Å²) in [6.07, 6.45) is 3.81. The number of rotatable bonds is 8. The summed E-state index contributed by atoms with van der Waals surface area (Å²) in [7, 11) is 0. The van der Waals surface area contributed by atoms with Crippen LogP contribution in [0.25, 0.3) is 0 Å². The van der Waals surface area contributed by atoms with Gasteiger partial charge in [0.25, 0.3) is 0 Å². The summed E-state index contributed by atoms with van der Waals surface area (Å²) in [4.78, 5) is 25.7. The van der Waals surface area contributed by atoms with E-state index in [0.717, 1.165) is 24.4 Å². The molecule has 1 aromatic carbocycles. The Bertz CT molecular complexity index is 566. The molecule has 0 radical (unpaired) electrons. The fraction of sp³-hybridized carbons (Fsp3) is 0.600. The average Bonchev–Trinajstić information content (AvgIpc) is 2.61. The Balaban J connectivity index is 1.75. The van der Waals surface area contributed by atoms with E-state index in [1.54, 1.807) is 0 Å². The van der Waals surface area contributed by atoms with Crippen molar-refractivity contribution < 1.29 is 9.59 Å². The summed E-state index contributed by atoms with van der Waals surface area (Å²) in [5.41, 5.74) is 2.38. The molecule has 0 aromatic heterocycles. The van der Waals surface area contributed by atoms with Crippen LogP contribution in [0.2, 0.25) is 0 Å². The van der Waals surface area contributed by atoms with Crippen molar-refractivity contribution in [3.8, 4) is 0 Å². The molecule has 0 unspecified atom stereocenters.